The van der Waals surface area contributed by atoms with E-state index in [4.69, 9.17) is 0 Å². The van der Waals surface area contributed by atoms with Crippen LogP contribution in [0.25, 0.3) is 22.0 Å². The van der Waals surface area contributed by atoms with Gasteiger partial charge in [-0.25, -0.2) is 0 Å². The molecule has 0 unspecified atom stereocenters. The molecule has 0 aliphatic heterocycles. The Hall–Kier alpha value is -2.68. The van der Waals surface area contributed by atoms with Gasteiger partial charge in [0.2, 0.25) is 0 Å². The number of allylic oxidation sites excluding steroid dienone is 2. The number of fused-ring (bicyclic) bond motifs is 1. The van der Waals surface area contributed by atoms with E-state index in [1.165, 1.54) is 0 Å². The lowest BCUT2D eigenvalue weighted by atomic mass is 9.97. The number of hydrogen-bond donors (Lipinski definition) is 1. The summed E-state index contributed by atoms with van der Waals surface area (Å²) < 4.78 is 0. The predicted molar refractivity (Wildman–Crippen MR) is 87.6 cm³/mol. The maximum Gasteiger partial charge on any atom is 0.0650 e. The third-order valence-corrected chi connectivity index (χ3v) is 3.67. The topological polar surface area (TPSA) is 41.6 Å². The van der Waals surface area contributed by atoms with Crippen molar-refractivity contribution in [3.63, 3.8) is 0 Å². The van der Waals surface area contributed by atoms with Crippen molar-refractivity contribution >= 4 is 22.0 Å². The highest BCUT2D eigenvalue weighted by Gasteiger charge is 2.04. The van der Waals surface area contributed by atoms with Gasteiger partial charge in [0.05, 0.1) is 11.7 Å². The molecule has 1 N–H and O–H groups in total. The molecule has 1 aromatic carbocycles. The summed E-state index contributed by atoms with van der Waals surface area (Å²) in [6, 6.07) is 10.2. The van der Waals surface area contributed by atoms with Crippen LogP contribution in [-0.2, 0) is 0 Å². The normalized spacial score (nSPS) is 10.7. The van der Waals surface area contributed by atoms with Gasteiger partial charge >= 0.3 is 0 Å². The first kappa shape index (κ1) is 13.3. The summed E-state index contributed by atoms with van der Waals surface area (Å²) in [4.78, 5) is 4.03. The van der Waals surface area contributed by atoms with Crippen LogP contribution in [0, 0.1) is 0 Å². The zero-order chi connectivity index (χ0) is 14.7. The van der Waals surface area contributed by atoms with Gasteiger partial charge in [0.25, 0.3) is 0 Å². The molecule has 3 rings (SSSR count). The first-order valence-electron chi connectivity index (χ1n) is 6.93. The van der Waals surface area contributed by atoms with Crippen molar-refractivity contribution in [2.45, 2.75) is 12.8 Å². The van der Waals surface area contributed by atoms with Crippen LogP contribution < -0.4 is 0 Å². The summed E-state index contributed by atoms with van der Waals surface area (Å²) in [5, 5.41) is 8.11. The third-order valence-electron chi connectivity index (χ3n) is 3.67. The largest absolute Gasteiger partial charge is 0.278 e. The van der Waals surface area contributed by atoms with Crippen LogP contribution in [0.5, 0.6) is 0 Å². The lowest BCUT2D eigenvalue weighted by Gasteiger charge is -2.08. The number of benzene rings is 1. The Morgan fingerprint density at radius 2 is 1.67 bits per heavy atom. The van der Waals surface area contributed by atoms with Crippen molar-refractivity contribution in [1.29, 1.82) is 0 Å². The van der Waals surface area contributed by atoms with Crippen LogP contribution in [0.15, 0.2) is 62.1 Å². The maximum absolute atomic E-state index is 4.20. The summed E-state index contributed by atoms with van der Waals surface area (Å²) in [5.41, 5.74) is 5.58. The molecular weight excluding hydrogens is 258 g/mol. The molecule has 0 saturated heterocycles. The summed E-state index contributed by atoms with van der Waals surface area (Å²) >= 11 is 0. The molecule has 0 fully saturated rings. The quantitative estimate of drug-likeness (QED) is 0.746. The average molecular weight is 275 g/mol. The van der Waals surface area contributed by atoms with Gasteiger partial charge in [-0.05, 0) is 59.4 Å². The highest BCUT2D eigenvalue weighted by Crippen LogP contribution is 2.26. The minimum atomic E-state index is 0.893. The smallest absolute Gasteiger partial charge is 0.0650 e. The van der Waals surface area contributed by atoms with Gasteiger partial charge in [0, 0.05) is 17.8 Å². The second-order valence-corrected chi connectivity index (χ2v) is 5.12. The van der Waals surface area contributed by atoms with Gasteiger partial charge in [-0.1, -0.05) is 19.2 Å². The van der Waals surface area contributed by atoms with Crippen molar-refractivity contribution < 1.29 is 0 Å². The van der Waals surface area contributed by atoms with E-state index in [0.29, 0.717) is 0 Å². The Labute approximate surface area is 124 Å². The Kier molecular flexibility index (Phi) is 3.65. The summed E-state index contributed by atoms with van der Waals surface area (Å²) in [5.74, 6) is 0. The maximum atomic E-state index is 4.20. The van der Waals surface area contributed by atoms with Gasteiger partial charge in [0.1, 0.15) is 0 Å². The van der Waals surface area contributed by atoms with E-state index in [-0.39, 0.29) is 0 Å². The van der Waals surface area contributed by atoms with E-state index in [9.17, 15) is 0 Å². The van der Waals surface area contributed by atoms with Crippen molar-refractivity contribution in [1.82, 2.24) is 15.2 Å². The second kappa shape index (κ2) is 5.75. The summed E-state index contributed by atoms with van der Waals surface area (Å²) in [7, 11) is 0. The van der Waals surface area contributed by atoms with Crippen molar-refractivity contribution in [3.05, 3.63) is 73.2 Å². The average Bonchev–Trinajstić information content (AvgIpc) is 3.00. The molecule has 2 heterocycles. The number of aromatic amines is 1. The van der Waals surface area contributed by atoms with Gasteiger partial charge in [-0.2, -0.15) is 5.10 Å². The van der Waals surface area contributed by atoms with Crippen LogP contribution in [0.2, 0.25) is 0 Å². The SMILES string of the molecule is C=C(CCC(=C)c1ccc2[nH]ncc2c1)c1ccncc1. The van der Waals surface area contributed by atoms with Crippen molar-refractivity contribution in [2.75, 3.05) is 0 Å². The standard InChI is InChI=1S/C18H17N3/c1-13(15-7-9-19-10-8-15)3-4-14(2)16-5-6-18-17(11-16)12-20-21-18/h5-12H,1-4H2,(H,20,21). The number of hydrogen-bond acceptors (Lipinski definition) is 2. The zero-order valence-electron chi connectivity index (χ0n) is 11.8. The number of pyridine rings is 1. The summed E-state index contributed by atoms with van der Waals surface area (Å²) in [6.45, 7) is 8.35. The lowest BCUT2D eigenvalue weighted by molar-refractivity contribution is 1.09. The minimum Gasteiger partial charge on any atom is -0.278 e. The number of nitrogens with zero attached hydrogens (tertiary/aromatic N) is 2. The Balaban J connectivity index is 1.67. The van der Waals surface area contributed by atoms with E-state index in [0.717, 1.165) is 46.0 Å². The molecule has 0 bridgehead atoms. The van der Waals surface area contributed by atoms with Crippen LogP contribution in [0.1, 0.15) is 24.0 Å². The van der Waals surface area contributed by atoms with Gasteiger partial charge in [-0.3, -0.25) is 10.1 Å². The third kappa shape index (κ3) is 2.92. The van der Waals surface area contributed by atoms with E-state index < -0.39 is 0 Å². The Morgan fingerprint density at radius 1 is 0.952 bits per heavy atom. The van der Waals surface area contributed by atoms with Gasteiger partial charge in [-0.15, -0.1) is 0 Å². The molecule has 0 amide bonds. The number of H-pyrrole nitrogens is 1. The Bertz CT molecular complexity index is 784. The van der Waals surface area contributed by atoms with Gasteiger partial charge in [0.15, 0.2) is 0 Å². The molecule has 0 atom stereocenters. The van der Waals surface area contributed by atoms with Crippen LogP contribution in [-0.4, -0.2) is 15.2 Å². The number of rotatable bonds is 5. The molecule has 3 nitrogen and oxygen atoms in total. The first-order valence-corrected chi connectivity index (χ1v) is 6.93. The molecule has 104 valence electrons. The van der Waals surface area contributed by atoms with Crippen LogP contribution in [0.3, 0.4) is 0 Å². The molecule has 3 aromatic rings. The summed E-state index contributed by atoms with van der Waals surface area (Å²) in [6.07, 6.45) is 7.21. The van der Waals surface area contributed by atoms with Gasteiger partial charge < -0.3 is 0 Å². The van der Waals surface area contributed by atoms with E-state index >= 15 is 0 Å². The minimum absolute atomic E-state index is 0.893. The fourth-order valence-corrected chi connectivity index (χ4v) is 2.34. The molecule has 21 heavy (non-hydrogen) atoms. The first-order chi connectivity index (χ1) is 10.2. The van der Waals surface area contributed by atoms with Crippen LogP contribution in [0.4, 0.5) is 0 Å². The molecule has 0 radical (unpaired) electrons. The Morgan fingerprint density at radius 3 is 2.43 bits per heavy atom. The fraction of sp³-hybridized carbons (Fsp3) is 0.111. The lowest BCUT2D eigenvalue weighted by Crippen LogP contribution is -1.87. The predicted octanol–water partition coefficient (Wildman–Crippen LogP) is 4.46. The highest BCUT2D eigenvalue weighted by molar-refractivity contribution is 5.82. The van der Waals surface area contributed by atoms with Crippen molar-refractivity contribution in [3.8, 4) is 0 Å². The fourth-order valence-electron chi connectivity index (χ4n) is 2.34. The molecule has 0 spiro atoms. The number of aromatic nitrogens is 3. The van der Waals surface area contributed by atoms with E-state index in [1.54, 1.807) is 12.4 Å². The van der Waals surface area contributed by atoms with E-state index in [1.807, 2.05) is 24.4 Å². The highest BCUT2D eigenvalue weighted by atomic mass is 15.1. The zero-order valence-corrected chi connectivity index (χ0v) is 11.8. The van der Waals surface area contributed by atoms with E-state index in [2.05, 4.69) is 40.5 Å². The number of nitrogens with one attached hydrogen (secondary N) is 1. The molecule has 2 aromatic heterocycles. The van der Waals surface area contributed by atoms with Crippen LogP contribution >= 0.6 is 0 Å². The molecule has 0 saturated carbocycles. The second-order valence-electron chi connectivity index (χ2n) is 5.12. The van der Waals surface area contributed by atoms with Crippen molar-refractivity contribution in [2.24, 2.45) is 0 Å². The molecular formula is C18H17N3. The molecule has 0 aliphatic rings. The molecule has 3 heteroatoms. The molecule has 0 aliphatic carbocycles. The monoisotopic (exact) mass is 275 g/mol.